The number of carbonyl (C=O) groups excluding carboxylic acids is 1. The summed E-state index contributed by atoms with van der Waals surface area (Å²) in [5, 5.41) is 9.02. The number of aryl methyl sites for hydroxylation is 1. The van der Waals surface area contributed by atoms with Gasteiger partial charge in [0.1, 0.15) is 5.82 Å². The molecular formula is C22H29FN4O3S. The van der Waals surface area contributed by atoms with Crippen LogP contribution in [-0.4, -0.2) is 46.2 Å². The summed E-state index contributed by atoms with van der Waals surface area (Å²) >= 11 is 0. The molecule has 168 valence electrons. The van der Waals surface area contributed by atoms with E-state index in [-0.39, 0.29) is 18.2 Å². The van der Waals surface area contributed by atoms with Crippen LogP contribution in [0.4, 0.5) is 4.39 Å². The summed E-state index contributed by atoms with van der Waals surface area (Å²) in [5.41, 5.74) is 2.65. The number of guanidine groups is 1. The van der Waals surface area contributed by atoms with Gasteiger partial charge in [0.2, 0.25) is 0 Å². The van der Waals surface area contributed by atoms with E-state index in [4.69, 9.17) is 0 Å². The Morgan fingerprint density at radius 1 is 1.03 bits per heavy atom. The molecule has 0 aliphatic heterocycles. The van der Waals surface area contributed by atoms with Crippen molar-refractivity contribution in [1.29, 1.82) is 0 Å². The van der Waals surface area contributed by atoms with Gasteiger partial charge in [0.25, 0.3) is 5.91 Å². The standard InChI is InChI=1S/C22H29FN4O3S/c1-4-24-22(26-11-10-25-21(28)17-7-5-6-16(2)12-17)27-14-19-13-20(23)9-8-18(19)15-31(3,29)30/h5-9,12-13H,4,10-11,14-15H2,1-3H3,(H,25,28)(H2,24,26,27). The molecule has 7 nitrogen and oxygen atoms in total. The van der Waals surface area contributed by atoms with Gasteiger partial charge >= 0.3 is 0 Å². The molecule has 31 heavy (non-hydrogen) atoms. The maximum absolute atomic E-state index is 13.7. The Labute approximate surface area is 183 Å². The van der Waals surface area contributed by atoms with E-state index in [0.717, 1.165) is 11.8 Å². The molecule has 0 fully saturated rings. The molecule has 2 aromatic carbocycles. The van der Waals surface area contributed by atoms with Gasteiger partial charge in [0, 0.05) is 31.5 Å². The average Bonchev–Trinajstić information content (AvgIpc) is 2.69. The Kier molecular flexibility index (Phi) is 8.99. The second-order valence-corrected chi connectivity index (χ2v) is 9.37. The van der Waals surface area contributed by atoms with Crippen LogP contribution in [0.1, 0.15) is 34.0 Å². The van der Waals surface area contributed by atoms with E-state index in [1.54, 1.807) is 6.07 Å². The SMILES string of the molecule is CCNC(=NCc1cc(F)ccc1CS(C)(=O)=O)NCCNC(=O)c1cccc(C)c1. The third-order valence-electron chi connectivity index (χ3n) is 4.32. The highest BCUT2D eigenvalue weighted by Crippen LogP contribution is 2.15. The number of hydrogen-bond donors (Lipinski definition) is 3. The number of nitrogens with one attached hydrogen (secondary N) is 3. The highest BCUT2D eigenvalue weighted by molar-refractivity contribution is 7.89. The summed E-state index contributed by atoms with van der Waals surface area (Å²) in [4.78, 5) is 16.6. The summed E-state index contributed by atoms with van der Waals surface area (Å²) in [6.07, 6.45) is 1.14. The molecule has 0 unspecified atom stereocenters. The van der Waals surface area contributed by atoms with E-state index in [0.29, 0.717) is 42.3 Å². The molecule has 2 rings (SSSR count). The topological polar surface area (TPSA) is 99.7 Å². The van der Waals surface area contributed by atoms with Crippen molar-refractivity contribution in [1.82, 2.24) is 16.0 Å². The zero-order valence-corrected chi connectivity index (χ0v) is 18.9. The van der Waals surface area contributed by atoms with Crippen molar-refractivity contribution >= 4 is 21.7 Å². The van der Waals surface area contributed by atoms with E-state index in [1.807, 2.05) is 32.0 Å². The van der Waals surface area contributed by atoms with Gasteiger partial charge < -0.3 is 16.0 Å². The van der Waals surface area contributed by atoms with E-state index in [1.165, 1.54) is 18.2 Å². The number of amides is 1. The molecule has 0 saturated carbocycles. The van der Waals surface area contributed by atoms with Crippen LogP contribution in [0.25, 0.3) is 0 Å². The van der Waals surface area contributed by atoms with Crippen molar-refractivity contribution in [3.8, 4) is 0 Å². The van der Waals surface area contributed by atoms with Crippen molar-refractivity contribution < 1.29 is 17.6 Å². The van der Waals surface area contributed by atoms with E-state index in [9.17, 15) is 17.6 Å². The lowest BCUT2D eigenvalue weighted by Crippen LogP contribution is -2.41. The van der Waals surface area contributed by atoms with Crippen LogP contribution in [0.2, 0.25) is 0 Å². The Bertz CT molecular complexity index is 1040. The lowest BCUT2D eigenvalue weighted by molar-refractivity contribution is 0.0954. The molecule has 0 aromatic heterocycles. The molecule has 9 heteroatoms. The summed E-state index contributed by atoms with van der Waals surface area (Å²) in [5.74, 6) is -0.286. The largest absolute Gasteiger partial charge is 0.357 e. The fraction of sp³-hybridized carbons (Fsp3) is 0.364. The number of benzene rings is 2. The second kappa shape index (κ2) is 11.5. The van der Waals surface area contributed by atoms with Gasteiger partial charge in [0.05, 0.1) is 12.3 Å². The van der Waals surface area contributed by atoms with Crippen LogP contribution in [0.15, 0.2) is 47.5 Å². The van der Waals surface area contributed by atoms with Crippen molar-refractivity contribution in [3.63, 3.8) is 0 Å². The third-order valence-corrected chi connectivity index (χ3v) is 5.16. The molecule has 0 bridgehead atoms. The van der Waals surface area contributed by atoms with Gasteiger partial charge in [-0.25, -0.2) is 17.8 Å². The number of aliphatic imine (C=N–C) groups is 1. The predicted molar refractivity (Wildman–Crippen MR) is 121 cm³/mol. The van der Waals surface area contributed by atoms with Crippen LogP contribution in [0, 0.1) is 12.7 Å². The van der Waals surface area contributed by atoms with Crippen molar-refractivity contribution in [2.75, 3.05) is 25.9 Å². The van der Waals surface area contributed by atoms with Gasteiger partial charge in [-0.15, -0.1) is 0 Å². The van der Waals surface area contributed by atoms with Gasteiger partial charge in [-0.3, -0.25) is 4.79 Å². The lowest BCUT2D eigenvalue weighted by Gasteiger charge is -2.13. The number of hydrogen-bond acceptors (Lipinski definition) is 4. The monoisotopic (exact) mass is 448 g/mol. The lowest BCUT2D eigenvalue weighted by atomic mass is 10.1. The first-order valence-electron chi connectivity index (χ1n) is 10.00. The van der Waals surface area contributed by atoms with Crippen LogP contribution in [0.3, 0.4) is 0 Å². The highest BCUT2D eigenvalue weighted by atomic mass is 32.2. The van der Waals surface area contributed by atoms with E-state index in [2.05, 4.69) is 20.9 Å². The molecule has 0 aliphatic rings. The predicted octanol–water partition coefficient (Wildman–Crippen LogP) is 2.16. The Balaban J connectivity index is 1.96. The van der Waals surface area contributed by atoms with Crippen LogP contribution < -0.4 is 16.0 Å². The smallest absolute Gasteiger partial charge is 0.251 e. The zero-order chi connectivity index (χ0) is 22.9. The van der Waals surface area contributed by atoms with Crippen molar-refractivity contribution in [2.45, 2.75) is 26.1 Å². The minimum Gasteiger partial charge on any atom is -0.357 e. The van der Waals surface area contributed by atoms with Crippen LogP contribution in [-0.2, 0) is 22.1 Å². The summed E-state index contributed by atoms with van der Waals surface area (Å²) < 4.78 is 37.0. The molecular weight excluding hydrogens is 419 g/mol. The Hall–Kier alpha value is -2.94. The average molecular weight is 449 g/mol. The Morgan fingerprint density at radius 3 is 2.45 bits per heavy atom. The zero-order valence-electron chi connectivity index (χ0n) is 18.0. The number of carbonyl (C=O) groups is 1. The first-order valence-corrected chi connectivity index (χ1v) is 12.1. The van der Waals surface area contributed by atoms with Crippen molar-refractivity contribution in [3.05, 3.63) is 70.5 Å². The molecule has 0 heterocycles. The maximum atomic E-state index is 13.7. The van der Waals surface area contributed by atoms with E-state index < -0.39 is 15.7 Å². The molecule has 3 N–H and O–H groups in total. The molecule has 2 aromatic rings. The fourth-order valence-electron chi connectivity index (χ4n) is 2.92. The number of nitrogens with zero attached hydrogens (tertiary/aromatic N) is 1. The molecule has 0 spiro atoms. The molecule has 0 aliphatic carbocycles. The second-order valence-electron chi connectivity index (χ2n) is 7.23. The number of rotatable bonds is 9. The first kappa shape index (κ1) is 24.3. The van der Waals surface area contributed by atoms with Gasteiger partial charge in [0.15, 0.2) is 15.8 Å². The van der Waals surface area contributed by atoms with E-state index >= 15 is 0 Å². The van der Waals surface area contributed by atoms with Crippen LogP contribution >= 0.6 is 0 Å². The summed E-state index contributed by atoms with van der Waals surface area (Å²) in [6, 6.07) is 11.4. The normalized spacial score (nSPS) is 11.8. The minimum absolute atomic E-state index is 0.119. The fourth-order valence-corrected chi connectivity index (χ4v) is 3.76. The number of halogens is 1. The first-order chi connectivity index (χ1) is 14.7. The molecule has 0 saturated heterocycles. The molecule has 0 radical (unpaired) electrons. The Morgan fingerprint density at radius 2 is 1.77 bits per heavy atom. The minimum atomic E-state index is -3.26. The quantitative estimate of drug-likeness (QED) is 0.310. The highest BCUT2D eigenvalue weighted by Gasteiger charge is 2.11. The number of sulfone groups is 1. The van der Waals surface area contributed by atoms with Crippen molar-refractivity contribution in [2.24, 2.45) is 4.99 Å². The van der Waals surface area contributed by atoms with Gasteiger partial charge in [-0.2, -0.15) is 0 Å². The molecule has 1 amide bonds. The van der Waals surface area contributed by atoms with Crippen LogP contribution in [0.5, 0.6) is 0 Å². The van der Waals surface area contributed by atoms with Gasteiger partial charge in [-0.1, -0.05) is 23.8 Å². The summed E-state index contributed by atoms with van der Waals surface area (Å²) in [6.45, 7) is 5.39. The molecule has 0 atom stereocenters. The summed E-state index contributed by atoms with van der Waals surface area (Å²) in [7, 11) is -3.26. The van der Waals surface area contributed by atoms with Gasteiger partial charge in [-0.05, 0) is 49.2 Å². The maximum Gasteiger partial charge on any atom is 0.251 e. The third kappa shape index (κ3) is 8.75.